The zero-order valence-corrected chi connectivity index (χ0v) is 29.0. The molecule has 4 aromatic rings. The molecule has 3 saturated heterocycles. The topological polar surface area (TPSA) is 115 Å². The van der Waals surface area contributed by atoms with E-state index in [1.54, 1.807) is 36.4 Å². The normalized spacial score (nSPS) is 18.7. The number of anilines is 1. The van der Waals surface area contributed by atoms with Crippen molar-refractivity contribution in [2.45, 2.75) is 37.8 Å². The Morgan fingerprint density at radius 2 is 1.74 bits per heavy atom. The van der Waals surface area contributed by atoms with E-state index in [1.165, 1.54) is 55.8 Å². The molecular weight excluding hydrogens is 688 g/mol. The first-order chi connectivity index (χ1) is 24.0. The van der Waals surface area contributed by atoms with Crippen LogP contribution in [0.2, 0.25) is 10.0 Å². The van der Waals surface area contributed by atoms with Gasteiger partial charge >= 0.3 is 6.09 Å². The number of nitrogens with zero attached hydrogens (tertiary/aromatic N) is 3. The summed E-state index contributed by atoms with van der Waals surface area (Å²) in [5.74, 6) is -1.51. The average Bonchev–Trinajstić information content (AvgIpc) is 3.10. The van der Waals surface area contributed by atoms with Gasteiger partial charge in [-0.1, -0.05) is 53.5 Å². The summed E-state index contributed by atoms with van der Waals surface area (Å²) in [6.07, 6.45) is 3.63. The molecule has 2 bridgehead atoms. The maximum Gasteiger partial charge on any atom is 0.414 e. The van der Waals surface area contributed by atoms with Crippen LogP contribution in [-0.4, -0.2) is 62.1 Å². The third-order valence-corrected chi connectivity index (χ3v) is 10.2. The fraction of sp³-hybridized carbons (Fsp3) is 0.324. The Labute approximate surface area is 299 Å². The first-order valence-corrected chi connectivity index (χ1v) is 16.9. The molecule has 1 aromatic heterocycles. The molecule has 0 aliphatic carbocycles. The second-order valence-corrected chi connectivity index (χ2v) is 13.3. The van der Waals surface area contributed by atoms with Crippen molar-refractivity contribution in [3.8, 4) is 11.5 Å². The van der Waals surface area contributed by atoms with Crippen LogP contribution in [0.4, 0.5) is 14.9 Å². The number of piperidine rings is 3. The van der Waals surface area contributed by atoms with Crippen LogP contribution in [0.1, 0.15) is 51.4 Å². The molecule has 3 aliphatic rings. The van der Waals surface area contributed by atoms with E-state index in [4.69, 9.17) is 37.4 Å². The molecule has 7 rings (SSSR count). The lowest BCUT2D eigenvalue weighted by molar-refractivity contribution is -0.904. The van der Waals surface area contributed by atoms with Crippen LogP contribution in [0.25, 0.3) is 0 Å². The predicted octanol–water partition coefficient (Wildman–Crippen LogP) is 5.65. The standard InChI is InChI=1S/C37H36Cl2FN3O7/c1-48-33-9-7-24(15-34(33)49-2)28(17-30-31(38)19-42(47)20-32(30)39)29-14-22(6-8-27(29)36(44)45)18-43(26-5-3-4-25(40)16-26)37(46)50-35-21-41-12-10-23(35)11-13-41/h3-9,14-16,19-20,23,28,35H,10-13,17-18,21H2,1-2H3,(H-,44,45,47)/t28-,35-/m0/s1. The van der Waals surface area contributed by atoms with Gasteiger partial charge in [0, 0.05) is 28.3 Å². The lowest BCUT2D eigenvalue weighted by Gasteiger charge is -2.44. The molecule has 10 nitrogen and oxygen atoms in total. The minimum atomic E-state index is -1.42. The number of carbonyl (C=O) groups excluding carboxylic acids is 2. The molecule has 1 N–H and O–H groups in total. The Bertz CT molecular complexity index is 1880. The molecule has 3 aliphatic heterocycles. The van der Waals surface area contributed by atoms with Gasteiger partial charge in [-0.3, -0.25) is 15.0 Å². The van der Waals surface area contributed by atoms with Gasteiger partial charge in [0.15, 0.2) is 11.5 Å². The van der Waals surface area contributed by atoms with Crippen LogP contribution in [-0.2, 0) is 17.7 Å². The van der Waals surface area contributed by atoms with Gasteiger partial charge in [-0.15, -0.1) is 0 Å². The molecule has 50 heavy (non-hydrogen) atoms. The number of amides is 1. The van der Waals surface area contributed by atoms with E-state index in [0.29, 0.717) is 46.0 Å². The Balaban J connectivity index is 1.43. The highest BCUT2D eigenvalue weighted by molar-refractivity contribution is 6.35. The van der Waals surface area contributed by atoms with E-state index >= 15 is 0 Å². The van der Waals surface area contributed by atoms with Crippen LogP contribution < -0.4 is 24.2 Å². The minimum absolute atomic E-state index is 0.0558. The summed E-state index contributed by atoms with van der Waals surface area (Å²) < 4.78 is 32.3. The molecule has 3 aromatic carbocycles. The largest absolute Gasteiger partial charge is 0.545 e. The summed E-state index contributed by atoms with van der Waals surface area (Å²) in [5, 5.41) is 22.9. The maximum absolute atomic E-state index is 14.5. The van der Waals surface area contributed by atoms with Gasteiger partial charge in [0.25, 0.3) is 0 Å². The van der Waals surface area contributed by atoms with Crippen LogP contribution >= 0.6 is 23.2 Å². The number of carbonyl (C=O) groups is 2. The van der Waals surface area contributed by atoms with Gasteiger partial charge < -0.3 is 24.1 Å². The van der Waals surface area contributed by atoms with Gasteiger partial charge in [0.1, 0.15) is 22.0 Å². The van der Waals surface area contributed by atoms with Crippen molar-refractivity contribution in [3.05, 3.63) is 117 Å². The lowest BCUT2D eigenvalue weighted by atomic mass is 9.82. The van der Waals surface area contributed by atoms with Crippen molar-refractivity contribution in [1.82, 2.24) is 4.90 Å². The highest BCUT2D eigenvalue weighted by atomic mass is 35.5. The fourth-order valence-electron chi connectivity index (χ4n) is 6.93. The third-order valence-electron chi connectivity index (χ3n) is 9.53. The predicted molar refractivity (Wildman–Crippen MR) is 182 cm³/mol. The number of ether oxygens (including phenoxy) is 3. The molecule has 0 radical (unpaired) electrons. The number of hydrogen-bond acceptors (Lipinski definition) is 8. The Hall–Kier alpha value is -4.58. The van der Waals surface area contributed by atoms with Gasteiger partial charge in [-0.05, 0) is 85.3 Å². The summed E-state index contributed by atoms with van der Waals surface area (Å²) in [4.78, 5) is 30.1. The smallest absolute Gasteiger partial charge is 0.414 e. The molecule has 2 atom stereocenters. The monoisotopic (exact) mass is 723 g/mol. The number of benzene rings is 3. The van der Waals surface area contributed by atoms with E-state index in [9.17, 15) is 24.3 Å². The number of carboxylic acids is 1. The number of rotatable bonds is 11. The number of carboxylic acid groups (broad SMARTS) is 1. The number of halogens is 3. The van der Waals surface area contributed by atoms with E-state index < -0.39 is 23.8 Å². The molecule has 1 amide bonds. The van der Waals surface area contributed by atoms with Crippen LogP contribution in [0.5, 0.6) is 11.5 Å². The zero-order chi connectivity index (χ0) is 35.5. The number of pyridine rings is 1. The lowest BCUT2D eigenvalue weighted by Crippen LogP contribution is -2.53. The summed E-state index contributed by atoms with van der Waals surface area (Å²) in [5.41, 5.74) is 2.17. The number of aromatic carboxylic acids is 1. The molecule has 4 heterocycles. The van der Waals surface area contributed by atoms with E-state index in [2.05, 4.69) is 4.90 Å². The number of methoxy groups -OCH3 is 2. The second-order valence-electron chi connectivity index (χ2n) is 12.5. The van der Waals surface area contributed by atoms with Gasteiger partial charge in [-0.2, -0.15) is 0 Å². The van der Waals surface area contributed by atoms with E-state index in [-0.39, 0.29) is 40.6 Å². The summed E-state index contributed by atoms with van der Waals surface area (Å²) in [6.45, 7) is 2.53. The molecular formula is C37H36Cl2FN3O7. The average molecular weight is 725 g/mol. The number of fused-ring (bicyclic) bond motifs is 3. The Morgan fingerprint density at radius 3 is 2.36 bits per heavy atom. The van der Waals surface area contributed by atoms with E-state index in [0.717, 1.165) is 30.7 Å². The number of aromatic nitrogens is 1. The quantitative estimate of drug-likeness (QED) is 0.156. The minimum Gasteiger partial charge on any atom is -0.545 e. The maximum atomic E-state index is 14.5. The molecule has 13 heteroatoms. The zero-order valence-electron chi connectivity index (χ0n) is 27.5. The van der Waals surface area contributed by atoms with Crippen LogP contribution in [0.3, 0.4) is 0 Å². The van der Waals surface area contributed by atoms with Crippen molar-refractivity contribution in [2.24, 2.45) is 5.92 Å². The molecule has 0 saturated carbocycles. The Morgan fingerprint density at radius 1 is 1.02 bits per heavy atom. The fourth-order valence-corrected chi connectivity index (χ4v) is 7.53. The molecule has 262 valence electrons. The first kappa shape index (κ1) is 35.3. The van der Waals surface area contributed by atoms with Crippen molar-refractivity contribution >= 4 is 41.0 Å². The van der Waals surface area contributed by atoms with Gasteiger partial charge in [0.2, 0.25) is 12.4 Å². The van der Waals surface area contributed by atoms with Gasteiger partial charge in [0.05, 0.1) is 32.4 Å². The third kappa shape index (κ3) is 7.60. The highest BCUT2D eigenvalue weighted by Crippen LogP contribution is 2.39. The van der Waals surface area contributed by atoms with Crippen molar-refractivity contribution in [1.29, 1.82) is 0 Å². The van der Waals surface area contributed by atoms with Crippen LogP contribution in [0, 0.1) is 11.7 Å². The summed E-state index contributed by atoms with van der Waals surface area (Å²) in [6, 6.07) is 15.6. The highest BCUT2D eigenvalue weighted by Gasteiger charge is 2.37. The molecule has 0 unspecified atom stereocenters. The van der Waals surface area contributed by atoms with Crippen molar-refractivity contribution < 1.29 is 43.2 Å². The SMILES string of the molecule is COc1ccc([C@H](Cc2c(Cl)c[n+](O)cc2Cl)c2cc(CN(C(=O)O[C@H]3CN4CCC3CC4)c3cccc(F)c3)ccc2C(=O)[O-])cc1OC. The van der Waals surface area contributed by atoms with E-state index in [1.807, 2.05) is 0 Å². The number of hydrogen-bond donors (Lipinski definition) is 1. The molecule has 0 spiro atoms. The summed E-state index contributed by atoms with van der Waals surface area (Å²) in [7, 11) is 3.00. The van der Waals surface area contributed by atoms with Crippen molar-refractivity contribution in [2.75, 3.05) is 38.8 Å². The summed E-state index contributed by atoms with van der Waals surface area (Å²) >= 11 is 13.1. The first-order valence-electron chi connectivity index (χ1n) is 16.1. The van der Waals surface area contributed by atoms with Crippen LogP contribution in [0.15, 0.2) is 73.1 Å². The van der Waals surface area contributed by atoms with Crippen molar-refractivity contribution in [3.63, 3.8) is 0 Å². The van der Waals surface area contributed by atoms with Gasteiger partial charge in [-0.25, -0.2) is 9.18 Å². The second kappa shape index (κ2) is 15.1. The molecule has 3 fully saturated rings. The Kier molecular flexibility index (Phi) is 10.7.